The van der Waals surface area contributed by atoms with Gasteiger partial charge in [0.05, 0.1) is 17.4 Å². The normalized spacial score (nSPS) is 24.7. The van der Waals surface area contributed by atoms with Crippen LogP contribution >= 0.6 is 0 Å². The predicted molar refractivity (Wildman–Crippen MR) is 97.6 cm³/mol. The summed E-state index contributed by atoms with van der Waals surface area (Å²) in [6.07, 6.45) is 0.924. The van der Waals surface area contributed by atoms with Crippen LogP contribution < -0.4 is 9.62 Å². The number of aliphatic carboxylic acids is 1. The van der Waals surface area contributed by atoms with Gasteiger partial charge in [0.2, 0.25) is 10.0 Å². The zero-order chi connectivity index (χ0) is 19.8. The third-order valence-electron chi connectivity index (χ3n) is 4.86. The number of nitrogens with zero attached hydrogens (tertiary/aromatic N) is 2. The van der Waals surface area contributed by atoms with Crippen LogP contribution in [0, 0.1) is 17.7 Å². The Morgan fingerprint density at radius 1 is 1.30 bits per heavy atom. The first-order chi connectivity index (χ1) is 12.7. The van der Waals surface area contributed by atoms with Gasteiger partial charge in [0.25, 0.3) is 0 Å². The van der Waals surface area contributed by atoms with Gasteiger partial charge in [0.15, 0.2) is 0 Å². The molecular formula is C17H22FN3O5S. The van der Waals surface area contributed by atoms with Gasteiger partial charge in [0.1, 0.15) is 5.82 Å². The lowest BCUT2D eigenvalue weighted by atomic mass is 9.91. The van der Waals surface area contributed by atoms with Crippen LogP contribution in [-0.2, 0) is 14.8 Å². The van der Waals surface area contributed by atoms with Gasteiger partial charge >= 0.3 is 12.0 Å². The summed E-state index contributed by atoms with van der Waals surface area (Å²) in [4.78, 5) is 25.2. The number of piperidine rings is 1. The second-order valence-corrected chi connectivity index (χ2v) is 9.13. The number of rotatable bonds is 3. The van der Waals surface area contributed by atoms with E-state index in [4.69, 9.17) is 0 Å². The van der Waals surface area contributed by atoms with Gasteiger partial charge in [-0.1, -0.05) is 6.92 Å². The summed E-state index contributed by atoms with van der Waals surface area (Å²) in [5.74, 6) is -2.24. The molecule has 0 aliphatic carbocycles. The lowest BCUT2D eigenvalue weighted by Gasteiger charge is -2.34. The average Bonchev–Trinajstić information content (AvgIpc) is 2.95. The maximum Gasteiger partial charge on any atom is 0.321 e. The summed E-state index contributed by atoms with van der Waals surface area (Å²) in [5.41, 5.74) is 0.157. The summed E-state index contributed by atoms with van der Waals surface area (Å²) >= 11 is 0. The van der Waals surface area contributed by atoms with Crippen LogP contribution in [0.2, 0.25) is 0 Å². The number of benzene rings is 1. The number of likely N-dealkylation sites (tertiary alicyclic amines) is 1. The number of anilines is 2. The number of hydrogen-bond acceptors (Lipinski definition) is 4. The maximum absolute atomic E-state index is 14.2. The highest BCUT2D eigenvalue weighted by Crippen LogP contribution is 2.30. The number of sulfonamides is 1. The van der Waals surface area contributed by atoms with Crippen molar-refractivity contribution in [2.45, 2.75) is 19.8 Å². The number of hydrogen-bond donors (Lipinski definition) is 2. The topological polar surface area (TPSA) is 107 Å². The Morgan fingerprint density at radius 3 is 2.67 bits per heavy atom. The molecule has 148 valence electrons. The number of carboxylic acid groups (broad SMARTS) is 1. The summed E-state index contributed by atoms with van der Waals surface area (Å²) in [5, 5.41) is 11.8. The number of amides is 2. The first kappa shape index (κ1) is 19.4. The van der Waals surface area contributed by atoms with Gasteiger partial charge in [-0.3, -0.25) is 9.10 Å². The Hall–Kier alpha value is -2.36. The quantitative estimate of drug-likeness (QED) is 0.808. The second-order valence-electron chi connectivity index (χ2n) is 7.12. The molecule has 2 unspecified atom stereocenters. The number of carboxylic acids is 1. The molecule has 3 rings (SSSR count). The minimum absolute atomic E-state index is 0.0364. The van der Waals surface area contributed by atoms with E-state index in [1.54, 1.807) is 0 Å². The minimum Gasteiger partial charge on any atom is -0.481 e. The monoisotopic (exact) mass is 399 g/mol. The summed E-state index contributed by atoms with van der Waals surface area (Å²) < 4.78 is 39.2. The van der Waals surface area contributed by atoms with E-state index in [2.05, 4.69) is 5.32 Å². The summed E-state index contributed by atoms with van der Waals surface area (Å²) in [6.45, 7) is 2.59. The van der Waals surface area contributed by atoms with Gasteiger partial charge in [-0.2, -0.15) is 0 Å². The summed E-state index contributed by atoms with van der Waals surface area (Å²) in [6, 6.07) is 3.26. The van der Waals surface area contributed by atoms with Crippen molar-refractivity contribution in [3.63, 3.8) is 0 Å². The molecule has 0 radical (unpaired) electrons. The summed E-state index contributed by atoms with van der Waals surface area (Å²) in [7, 11) is -3.55. The van der Waals surface area contributed by atoms with E-state index in [1.165, 1.54) is 17.0 Å². The molecule has 2 aliphatic rings. The van der Waals surface area contributed by atoms with Crippen molar-refractivity contribution in [1.82, 2.24) is 4.90 Å². The zero-order valence-corrected chi connectivity index (χ0v) is 15.7. The molecule has 2 amide bonds. The Morgan fingerprint density at radius 2 is 2.04 bits per heavy atom. The fourth-order valence-electron chi connectivity index (χ4n) is 3.59. The van der Waals surface area contributed by atoms with Crippen LogP contribution in [0.3, 0.4) is 0 Å². The molecule has 2 aliphatic heterocycles. The van der Waals surface area contributed by atoms with E-state index in [-0.39, 0.29) is 36.1 Å². The van der Waals surface area contributed by atoms with E-state index >= 15 is 0 Å². The Balaban J connectivity index is 1.77. The van der Waals surface area contributed by atoms with Crippen LogP contribution in [0.15, 0.2) is 18.2 Å². The molecule has 1 aromatic carbocycles. The molecule has 2 atom stereocenters. The first-order valence-electron chi connectivity index (χ1n) is 8.76. The lowest BCUT2D eigenvalue weighted by Crippen LogP contribution is -2.47. The standard InChI is InChI=1S/C17H22FN3O5S/c1-11-7-12(16(22)23)10-20(9-11)17(24)19-13-3-4-14(18)15(8-13)21-5-2-6-27(21,25)26/h3-4,8,11-12H,2,5-7,9-10H2,1H3,(H,19,24)(H,22,23). The van der Waals surface area contributed by atoms with E-state index in [0.29, 0.717) is 19.4 Å². The minimum atomic E-state index is -3.55. The first-order valence-corrected chi connectivity index (χ1v) is 10.4. The SMILES string of the molecule is CC1CC(C(=O)O)CN(C(=O)Nc2ccc(F)c(N3CCCS3(=O)=O)c2)C1. The highest BCUT2D eigenvalue weighted by atomic mass is 32.2. The van der Waals surface area contributed by atoms with Crippen molar-refractivity contribution < 1.29 is 27.5 Å². The van der Waals surface area contributed by atoms with E-state index in [1.807, 2.05) is 6.92 Å². The molecule has 2 heterocycles. The smallest absolute Gasteiger partial charge is 0.321 e. The van der Waals surface area contributed by atoms with Crippen molar-refractivity contribution in [3.05, 3.63) is 24.0 Å². The van der Waals surface area contributed by atoms with Crippen molar-refractivity contribution in [1.29, 1.82) is 0 Å². The van der Waals surface area contributed by atoms with Crippen LogP contribution in [0.25, 0.3) is 0 Å². The molecule has 10 heteroatoms. The average molecular weight is 399 g/mol. The highest BCUT2D eigenvalue weighted by Gasteiger charge is 2.33. The number of urea groups is 1. The van der Waals surface area contributed by atoms with Gasteiger partial charge < -0.3 is 15.3 Å². The fourth-order valence-corrected chi connectivity index (χ4v) is 5.15. The van der Waals surface area contributed by atoms with E-state index in [0.717, 1.165) is 10.4 Å². The highest BCUT2D eigenvalue weighted by molar-refractivity contribution is 7.93. The molecule has 0 spiro atoms. The Kier molecular flexibility index (Phi) is 5.27. The van der Waals surface area contributed by atoms with Crippen LogP contribution in [0.4, 0.5) is 20.6 Å². The number of nitrogens with one attached hydrogen (secondary N) is 1. The molecule has 0 saturated carbocycles. The van der Waals surface area contributed by atoms with Crippen molar-refractivity contribution in [3.8, 4) is 0 Å². The molecule has 0 bridgehead atoms. The van der Waals surface area contributed by atoms with Gasteiger partial charge in [-0.05, 0) is 37.0 Å². The Labute approximate surface area is 157 Å². The second kappa shape index (κ2) is 7.34. The number of halogens is 1. The van der Waals surface area contributed by atoms with Gasteiger partial charge in [-0.25, -0.2) is 17.6 Å². The van der Waals surface area contributed by atoms with Gasteiger partial charge in [0, 0.05) is 25.3 Å². The van der Waals surface area contributed by atoms with Crippen LogP contribution in [0.5, 0.6) is 0 Å². The fraction of sp³-hybridized carbons (Fsp3) is 0.529. The molecule has 2 saturated heterocycles. The molecule has 2 N–H and O–H groups in total. The van der Waals surface area contributed by atoms with Crippen molar-refractivity contribution in [2.24, 2.45) is 11.8 Å². The van der Waals surface area contributed by atoms with Crippen molar-refractivity contribution >= 4 is 33.4 Å². The Bertz CT molecular complexity index is 860. The van der Waals surface area contributed by atoms with Gasteiger partial charge in [-0.15, -0.1) is 0 Å². The third-order valence-corrected chi connectivity index (χ3v) is 6.72. The largest absolute Gasteiger partial charge is 0.481 e. The molecule has 1 aromatic rings. The number of carbonyl (C=O) groups is 2. The molecule has 0 aromatic heterocycles. The van der Waals surface area contributed by atoms with E-state index < -0.39 is 33.8 Å². The number of carbonyl (C=O) groups excluding carboxylic acids is 1. The lowest BCUT2D eigenvalue weighted by molar-refractivity contribution is -0.143. The molecule has 27 heavy (non-hydrogen) atoms. The predicted octanol–water partition coefficient (Wildman–Crippen LogP) is 1.94. The van der Waals surface area contributed by atoms with Crippen LogP contribution in [0.1, 0.15) is 19.8 Å². The van der Waals surface area contributed by atoms with Crippen molar-refractivity contribution in [2.75, 3.05) is 35.0 Å². The van der Waals surface area contributed by atoms with E-state index in [9.17, 15) is 27.5 Å². The molecule has 2 fully saturated rings. The zero-order valence-electron chi connectivity index (χ0n) is 14.9. The molecular weight excluding hydrogens is 377 g/mol. The maximum atomic E-state index is 14.2. The molecule has 8 nitrogen and oxygen atoms in total. The van der Waals surface area contributed by atoms with Crippen LogP contribution in [-0.4, -0.2) is 55.8 Å². The third kappa shape index (κ3) is 4.15.